The van der Waals surface area contributed by atoms with E-state index in [4.69, 9.17) is 25.9 Å². The molecule has 2 aromatic carbocycles. The molecule has 0 heterocycles. The lowest BCUT2D eigenvalue weighted by atomic mass is 9.97. The monoisotopic (exact) mass is 389 g/mol. The molecular weight excluding hydrogens is 366 g/mol. The second-order valence-corrected chi connectivity index (χ2v) is 6.37. The zero-order valence-electron chi connectivity index (χ0n) is 16.0. The first-order valence-electron chi connectivity index (χ1n) is 8.82. The third-order valence-corrected chi connectivity index (χ3v) is 3.85. The Labute approximate surface area is 164 Å². The van der Waals surface area contributed by atoms with Crippen LogP contribution in [0.3, 0.4) is 0 Å². The first-order chi connectivity index (χ1) is 13.0. The summed E-state index contributed by atoms with van der Waals surface area (Å²) in [5, 5.41) is 4.40. The zero-order valence-corrected chi connectivity index (χ0v) is 16.7. The van der Waals surface area contributed by atoms with Gasteiger partial charge in [-0.3, -0.25) is 4.79 Å². The SMILES string of the molecule is CCOC(OCC)c1ccccc1C(=O)c1ccc(Cl)cc1ON=C(C)C. The number of rotatable bonds is 9. The number of ether oxygens (including phenoxy) is 2. The third-order valence-electron chi connectivity index (χ3n) is 3.61. The molecule has 0 atom stereocenters. The maximum atomic E-state index is 13.3. The van der Waals surface area contributed by atoms with E-state index in [1.807, 2.05) is 26.0 Å². The number of hydrogen-bond donors (Lipinski definition) is 0. The minimum atomic E-state index is -0.618. The Morgan fingerprint density at radius 3 is 2.33 bits per heavy atom. The summed E-state index contributed by atoms with van der Waals surface area (Å²) in [6.45, 7) is 8.30. The van der Waals surface area contributed by atoms with E-state index in [9.17, 15) is 4.79 Å². The fourth-order valence-corrected chi connectivity index (χ4v) is 2.65. The highest BCUT2D eigenvalue weighted by atomic mass is 35.5. The van der Waals surface area contributed by atoms with E-state index in [2.05, 4.69) is 5.16 Å². The molecule has 0 fully saturated rings. The van der Waals surface area contributed by atoms with Crippen molar-refractivity contribution in [2.75, 3.05) is 13.2 Å². The predicted molar refractivity (Wildman–Crippen MR) is 107 cm³/mol. The summed E-state index contributed by atoms with van der Waals surface area (Å²) >= 11 is 6.07. The molecule has 0 radical (unpaired) electrons. The molecule has 0 aliphatic rings. The molecule has 2 aromatic rings. The highest BCUT2D eigenvalue weighted by molar-refractivity contribution is 6.31. The summed E-state index contributed by atoms with van der Waals surface area (Å²) in [6, 6.07) is 12.1. The molecule has 0 aliphatic heterocycles. The van der Waals surface area contributed by atoms with Crippen LogP contribution >= 0.6 is 11.6 Å². The Balaban J connectivity index is 2.48. The largest absolute Gasteiger partial charge is 0.356 e. The molecule has 0 saturated heterocycles. The Kier molecular flexibility index (Phi) is 7.98. The van der Waals surface area contributed by atoms with Crippen LogP contribution in [-0.4, -0.2) is 24.7 Å². The number of ketones is 1. The van der Waals surface area contributed by atoms with Gasteiger partial charge in [-0.15, -0.1) is 0 Å². The number of halogens is 1. The van der Waals surface area contributed by atoms with Crippen molar-refractivity contribution in [1.29, 1.82) is 0 Å². The summed E-state index contributed by atoms with van der Waals surface area (Å²) in [4.78, 5) is 18.7. The molecule has 0 amide bonds. The zero-order chi connectivity index (χ0) is 19.8. The summed E-state index contributed by atoms with van der Waals surface area (Å²) in [5.74, 6) is 0.0819. The van der Waals surface area contributed by atoms with Crippen molar-refractivity contribution in [1.82, 2.24) is 0 Å². The van der Waals surface area contributed by atoms with Gasteiger partial charge in [0.2, 0.25) is 0 Å². The van der Waals surface area contributed by atoms with Gasteiger partial charge in [-0.05, 0) is 39.8 Å². The standard InChI is InChI=1S/C21H24ClNO4/c1-5-25-21(26-6-2)17-10-8-7-9-16(17)20(24)18-12-11-15(22)13-19(18)27-23-14(3)4/h7-13,21H,5-6H2,1-4H3. The van der Waals surface area contributed by atoms with Crippen LogP contribution < -0.4 is 4.84 Å². The van der Waals surface area contributed by atoms with Crippen molar-refractivity contribution in [2.24, 2.45) is 5.16 Å². The van der Waals surface area contributed by atoms with Crippen LogP contribution in [0.5, 0.6) is 5.75 Å². The van der Waals surface area contributed by atoms with Crippen LogP contribution in [0.25, 0.3) is 0 Å². The minimum Gasteiger partial charge on any atom is -0.356 e. The van der Waals surface area contributed by atoms with Gasteiger partial charge in [-0.1, -0.05) is 41.0 Å². The van der Waals surface area contributed by atoms with Gasteiger partial charge in [0.1, 0.15) is 0 Å². The van der Waals surface area contributed by atoms with Crippen molar-refractivity contribution in [3.8, 4) is 5.75 Å². The minimum absolute atomic E-state index is 0.217. The van der Waals surface area contributed by atoms with E-state index >= 15 is 0 Å². The molecule has 5 nitrogen and oxygen atoms in total. The smallest absolute Gasteiger partial charge is 0.197 e. The van der Waals surface area contributed by atoms with E-state index in [1.54, 1.807) is 44.2 Å². The molecule has 0 bridgehead atoms. The third kappa shape index (κ3) is 5.63. The predicted octanol–water partition coefficient (Wildman–Crippen LogP) is 5.42. The highest BCUT2D eigenvalue weighted by Gasteiger charge is 2.23. The molecule has 0 saturated carbocycles. The van der Waals surface area contributed by atoms with Crippen LogP contribution in [-0.2, 0) is 9.47 Å². The first kappa shape index (κ1) is 21.1. The van der Waals surface area contributed by atoms with Gasteiger partial charge in [0, 0.05) is 35.4 Å². The maximum absolute atomic E-state index is 13.3. The van der Waals surface area contributed by atoms with Gasteiger partial charge in [0.15, 0.2) is 17.8 Å². The number of nitrogens with zero attached hydrogens (tertiary/aromatic N) is 1. The van der Waals surface area contributed by atoms with Gasteiger partial charge in [-0.2, -0.15) is 0 Å². The van der Waals surface area contributed by atoms with Crippen LogP contribution in [0, 0.1) is 0 Å². The average molecular weight is 390 g/mol. The Morgan fingerprint density at radius 2 is 1.70 bits per heavy atom. The topological polar surface area (TPSA) is 57.1 Å². The lowest BCUT2D eigenvalue weighted by Gasteiger charge is -2.20. The normalized spacial score (nSPS) is 10.7. The van der Waals surface area contributed by atoms with E-state index in [0.717, 1.165) is 5.71 Å². The molecule has 0 N–H and O–H groups in total. The molecule has 0 aromatic heterocycles. The highest BCUT2D eigenvalue weighted by Crippen LogP contribution is 2.30. The lowest BCUT2D eigenvalue weighted by Crippen LogP contribution is -2.15. The molecule has 2 rings (SSSR count). The quantitative estimate of drug-likeness (QED) is 0.249. The van der Waals surface area contributed by atoms with E-state index in [-0.39, 0.29) is 5.78 Å². The summed E-state index contributed by atoms with van der Waals surface area (Å²) in [6.07, 6.45) is -0.618. The Morgan fingerprint density at radius 1 is 1.04 bits per heavy atom. The van der Waals surface area contributed by atoms with Crippen molar-refractivity contribution in [3.05, 3.63) is 64.2 Å². The van der Waals surface area contributed by atoms with Crippen LogP contribution in [0.15, 0.2) is 47.6 Å². The van der Waals surface area contributed by atoms with E-state index < -0.39 is 6.29 Å². The molecule has 0 aliphatic carbocycles. The van der Waals surface area contributed by atoms with Crippen molar-refractivity contribution >= 4 is 23.1 Å². The average Bonchev–Trinajstić information content (AvgIpc) is 2.66. The van der Waals surface area contributed by atoms with Crippen LogP contribution in [0.1, 0.15) is 55.5 Å². The Hall–Kier alpha value is -2.21. The first-order valence-corrected chi connectivity index (χ1v) is 9.20. The van der Waals surface area contributed by atoms with Gasteiger partial charge >= 0.3 is 0 Å². The Bertz CT molecular complexity index is 810. The molecule has 0 spiro atoms. The van der Waals surface area contributed by atoms with Crippen molar-refractivity contribution in [3.63, 3.8) is 0 Å². The van der Waals surface area contributed by atoms with Crippen molar-refractivity contribution < 1.29 is 19.1 Å². The molecule has 6 heteroatoms. The van der Waals surface area contributed by atoms with E-state index in [1.165, 1.54) is 0 Å². The maximum Gasteiger partial charge on any atom is 0.197 e. The summed E-state index contributed by atoms with van der Waals surface area (Å²) in [5.41, 5.74) is 2.24. The summed E-state index contributed by atoms with van der Waals surface area (Å²) < 4.78 is 11.3. The summed E-state index contributed by atoms with van der Waals surface area (Å²) in [7, 11) is 0. The fourth-order valence-electron chi connectivity index (χ4n) is 2.48. The van der Waals surface area contributed by atoms with E-state index in [0.29, 0.717) is 40.7 Å². The number of carbonyl (C=O) groups excluding carboxylic acids is 1. The van der Waals surface area contributed by atoms with Crippen molar-refractivity contribution in [2.45, 2.75) is 34.0 Å². The number of carbonyl (C=O) groups is 1. The van der Waals surface area contributed by atoms with Crippen LogP contribution in [0.2, 0.25) is 5.02 Å². The molecule has 144 valence electrons. The number of oxime groups is 1. The van der Waals surface area contributed by atoms with Gasteiger partial charge < -0.3 is 14.3 Å². The fraction of sp³-hybridized carbons (Fsp3) is 0.333. The molecule has 0 unspecified atom stereocenters. The second kappa shape index (κ2) is 10.2. The number of hydrogen-bond acceptors (Lipinski definition) is 5. The molecular formula is C21H24ClNO4. The second-order valence-electron chi connectivity index (χ2n) is 5.93. The lowest BCUT2D eigenvalue weighted by molar-refractivity contribution is -0.140. The van der Waals surface area contributed by atoms with Crippen LogP contribution in [0.4, 0.5) is 0 Å². The van der Waals surface area contributed by atoms with Gasteiger partial charge in [-0.25, -0.2) is 0 Å². The number of benzene rings is 2. The van der Waals surface area contributed by atoms with Gasteiger partial charge in [0.05, 0.1) is 11.3 Å². The molecule has 27 heavy (non-hydrogen) atoms. The van der Waals surface area contributed by atoms with Gasteiger partial charge in [0.25, 0.3) is 0 Å².